The van der Waals surface area contributed by atoms with Crippen LogP contribution in [-0.4, -0.2) is 16.7 Å². The van der Waals surface area contributed by atoms with Crippen molar-refractivity contribution in [2.24, 2.45) is 5.73 Å². The first-order valence-corrected chi connectivity index (χ1v) is 6.44. The summed E-state index contributed by atoms with van der Waals surface area (Å²) in [6.45, 7) is 0.438. The molecule has 3 nitrogen and oxygen atoms in total. The Kier molecular flexibility index (Phi) is 3.87. The van der Waals surface area contributed by atoms with Gasteiger partial charge in [-0.2, -0.15) is 0 Å². The van der Waals surface area contributed by atoms with Gasteiger partial charge in [-0.15, -0.1) is 10.2 Å². The van der Waals surface area contributed by atoms with Crippen molar-refractivity contribution < 1.29 is 4.39 Å². The third-order valence-electron chi connectivity index (χ3n) is 2.02. The minimum atomic E-state index is -0.242. The molecule has 0 aliphatic carbocycles. The van der Waals surface area contributed by atoms with E-state index in [1.807, 2.05) is 6.07 Å². The molecule has 0 spiro atoms. The van der Waals surface area contributed by atoms with Crippen molar-refractivity contribution in [2.75, 3.05) is 6.54 Å². The Labute approximate surface area is 101 Å². The lowest BCUT2D eigenvalue weighted by Crippen LogP contribution is -2.09. The van der Waals surface area contributed by atoms with E-state index in [0.29, 0.717) is 6.54 Å². The summed E-state index contributed by atoms with van der Waals surface area (Å²) in [6, 6.07) is 6.49. The molecule has 0 aliphatic heterocycles. The fraction of sp³-hybridized carbons (Fsp3) is 0.200. The Morgan fingerprint density at radius 2 is 2.38 bits per heavy atom. The lowest BCUT2D eigenvalue weighted by Gasteiger charge is -2.12. The van der Waals surface area contributed by atoms with E-state index >= 15 is 0 Å². The highest BCUT2D eigenvalue weighted by Gasteiger charge is 2.13. The Bertz CT molecular complexity index is 447. The highest BCUT2D eigenvalue weighted by atomic mass is 32.2. The Balaban J connectivity index is 2.16. The highest BCUT2D eigenvalue weighted by Crippen LogP contribution is 2.34. The molecule has 0 radical (unpaired) electrons. The van der Waals surface area contributed by atoms with Crippen LogP contribution < -0.4 is 5.73 Å². The Morgan fingerprint density at radius 1 is 1.50 bits per heavy atom. The molecule has 1 heterocycles. The Hall–Kier alpha value is -0.980. The van der Waals surface area contributed by atoms with Crippen LogP contribution in [-0.2, 0) is 0 Å². The van der Waals surface area contributed by atoms with Gasteiger partial charge in [0.2, 0.25) is 0 Å². The molecule has 0 amide bonds. The van der Waals surface area contributed by atoms with E-state index in [1.165, 1.54) is 35.2 Å². The fourth-order valence-electron chi connectivity index (χ4n) is 1.30. The summed E-state index contributed by atoms with van der Waals surface area (Å²) in [7, 11) is 0. The third-order valence-corrected chi connectivity index (χ3v) is 4.11. The van der Waals surface area contributed by atoms with Crippen molar-refractivity contribution >= 4 is 23.1 Å². The number of benzene rings is 1. The minimum Gasteiger partial charge on any atom is -0.329 e. The highest BCUT2D eigenvalue weighted by molar-refractivity contribution is 8.01. The number of nitrogens with two attached hydrogens (primary N) is 1. The smallest absolute Gasteiger partial charge is 0.174 e. The first kappa shape index (κ1) is 11.5. The second-order valence-corrected chi connectivity index (χ2v) is 5.38. The van der Waals surface area contributed by atoms with Crippen molar-refractivity contribution in [2.45, 2.75) is 9.59 Å². The van der Waals surface area contributed by atoms with Crippen LogP contribution in [0.25, 0.3) is 0 Å². The average molecular weight is 255 g/mol. The standard InChI is InChI=1S/C10H10FN3S2/c11-8-3-1-2-7(4-8)9(5-12)16-10-14-13-6-15-10/h1-4,6,9H,5,12H2. The number of rotatable bonds is 4. The summed E-state index contributed by atoms with van der Waals surface area (Å²) >= 11 is 2.97. The lowest BCUT2D eigenvalue weighted by atomic mass is 10.1. The molecule has 84 valence electrons. The van der Waals surface area contributed by atoms with E-state index in [9.17, 15) is 4.39 Å². The molecule has 16 heavy (non-hydrogen) atoms. The molecular weight excluding hydrogens is 245 g/mol. The molecular formula is C10H10FN3S2. The van der Waals surface area contributed by atoms with Crippen LogP contribution in [0, 0.1) is 5.82 Å². The molecule has 1 atom stereocenters. The van der Waals surface area contributed by atoms with E-state index in [1.54, 1.807) is 11.6 Å². The van der Waals surface area contributed by atoms with Crippen molar-refractivity contribution in [1.29, 1.82) is 0 Å². The molecule has 2 N–H and O–H groups in total. The zero-order valence-corrected chi connectivity index (χ0v) is 9.97. The van der Waals surface area contributed by atoms with Crippen LogP contribution in [0.3, 0.4) is 0 Å². The maximum absolute atomic E-state index is 13.1. The summed E-state index contributed by atoms with van der Waals surface area (Å²) in [5.74, 6) is -0.242. The summed E-state index contributed by atoms with van der Waals surface area (Å²) in [5, 5.41) is 7.70. The van der Waals surface area contributed by atoms with Crippen molar-refractivity contribution in [3.8, 4) is 0 Å². The van der Waals surface area contributed by atoms with Crippen LogP contribution in [0.5, 0.6) is 0 Å². The SMILES string of the molecule is NCC(Sc1nncs1)c1cccc(F)c1. The number of nitrogens with zero attached hydrogens (tertiary/aromatic N) is 2. The van der Waals surface area contributed by atoms with E-state index in [4.69, 9.17) is 5.73 Å². The summed E-state index contributed by atoms with van der Waals surface area (Å²) in [4.78, 5) is 0. The molecule has 0 saturated heterocycles. The van der Waals surface area contributed by atoms with Gasteiger partial charge in [0.15, 0.2) is 4.34 Å². The Morgan fingerprint density at radius 3 is 3.00 bits per heavy atom. The topological polar surface area (TPSA) is 51.8 Å². The van der Waals surface area contributed by atoms with Crippen LogP contribution in [0.15, 0.2) is 34.1 Å². The second kappa shape index (κ2) is 5.38. The molecule has 1 aromatic carbocycles. The van der Waals surface area contributed by atoms with Gasteiger partial charge in [-0.05, 0) is 17.7 Å². The van der Waals surface area contributed by atoms with Gasteiger partial charge in [-0.3, -0.25) is 0 Å². The summed E-state index contributed by atoms with van der Waals surface area (Å²) in [5.41, 5.74) is 8.23. The average Bonchev–Trinajstić information content (AvgIpc) is 2.78. The number of aromatic nitrogens is 2. The molecule has 1 unspecified atom stereocenters. The number of hydrogen-bond donors (Lipinski definition) is 1. The molecule has 6 heteroatoms. The number of thioether (sulfide) groups is 1. The summed E-state index contributed by atoms with van der Waals surface area (Å²) in [6.07, 6.45) is 0. The monoisotopic (exact) mass is 255 g/mol. The molecule has 2 aromatic rings. The van der Waals surface area contributed by atoms with Gasteiger partial charge in [-0.25, -0.2) is 4.39 Å². The van der Waals surface area contributed by atoms with Gasteiger partial charge >= 0.3 is 0 Å². The maximum Gasteiger partial charge on any atom is 0.174 e. The van der Waals surface area contributed by atoms with Crippen LogP contribution >= 0.6 is 23.1 Å². The lowest BCUT2D eigenvalue weighted by molar-refractivity contribution is 0.625. The van der Waals surface area contributed by atoms with Gasteiger partial charge in [0.05, 0.1) is 0 Å². The third kappa shape index (κ3) is 2.78. The molecule has 0 fully saturated rings. The van der Waals surface area contributed by atoms with E-state index in [0.717, 1.165) is 9.90 Å². The molecule has 0 aliphatic rings. The van der Waals surface area contributed by atoms with Crippen molar-refractivity contribution in [3.05, 3.63) is 41.2 Å². The van der Waals surface area contributed by atoms with Crippen LogP contribution in [0.1, 0.15) is 10.8 Å². The first-order chi connectivity index (χ1) is 7.79. The summed E-state index contributed by atoms with van der Waals surface area (Å²) < 4.78 is 13.9. The van der Waals surface area contributed by atoms with E-state index < -0.39 is 0 Å². The quantitative estimate of drug-likeness (QED) is 0.853. The van der Waals surface area contributed by atoms with E-state index in [2.05, 4.69) is 10.2 Å². The molecule has 0 saturated carbocycles. The van der Waals surface area contributed by atoms with Gasteiger partial charge in [0.1, 0.15) is 11.3 Å². The first-order valence-electron chi connectivity index (χ1n) is 4.68. The van der Waals surface area contributed by atoms with Crippen LogP contribution in [0.4, 0.5) is 4.39 Å². The van der Waals surface area contributed by atoms with E-state index in [-0.39, 0.29) is 11.1 Å². The van der Waals surface area contributed by atoms with Gasteiger partial charge in [0.25, 0.3) is 0 Å². The minimum absolute atomic E-state index is 0.0173. The molecule has 0 bridgehead atoms. The molecule has 1 aromatic heterocycles. The molecule has 2 rings (SSSR count). The predicted molar refractivity (Wildman–Crippen MR) is 64.0 cm³/mol. The zero-order chi connectivity index (χ0) is 11.4. The number of halogens is 1. The van der Waals surface area contributed by atoms with Crippen molar-refractivity contribution in [3.63, 3.8) is 0 Å². The largest absolute Gasteiger partial charge is 0.329 e. The van der Waals surface area contributed by atoms with Crippen molar-refractivity contribution in [1.82, 2.24) is 10.2 Å². The zero-order valence-electron chi connectivity index (χ0n) is 8.34. The van der Waals surface area contributed by atoms with Crippen LogP contribution in [0.2, 0.25) is 0 Å². The second-order valence-electron chi connectivity index (χ2n) is 3.10. The van der Waals surface area contributed by atoms with Gasteiger partial charge < -0.3 is 5.73 Å². The maximum atomic E-state index is 13.1. The predicted octanol–water partition coefficient (Wildman–Crippen LogP) is 2.47. The van der Waals surface area contributed by atoms with Gasteiger partial charge in [-0.1, -0.05) is 35.2 Å². The number of hydrogen-bond acceptors (Lipinski definition) is 5. The van der Waals surface area contributed by atoms with Gasteiger partial charge in [0, 0.05) is 11.8 Å². The normalized spacial score (nSPS) is 12.6. The fourth-order valence-corrected chi connectivity index (χ4v) is 2.99.